The van der Waals surface area contributed by atoms with Crippen LogP contribution in [-0.4, -0.2) is 36.5 Å². The maximum atomic E-state index is 12.0. The largest absolute Gasteiger partial charge is 0.477 e. The Labute approximate surface area is 108 Å². The molecule has 2 aromatic heterocycles. The van der Waals surface area contributed by atoms with Crippen LogP contribution in [0.4, 0.5) is 5.82 Å². The minimum Gasteiger partial charge on any atom is -0.477 e. The van der Waals surface area contributed by atoms with E-state index >= 15 is 0 Å². The second-order valence-electron chi connectivity index (χ2n) is 4.08. The van der Waals surface area contributed by atoms with Gasteiger partial charge in [-0.15, -0.1) is 0 Å². The summed E-state index contributed by atoms with van der Waals surface area (Å²) in [6, 6.07) is 1.69. The first-order chi connectivity index (χ1) is 8.90. The molecule has 2 N–H and O–H groups in total. The first-order valence-corrected chi connectivity index (χ1v) is 5.47. The molecular weight excluding hydrogens is 250 g/mol. The van der Waals surface area contributed by atoms with Gasteiger partial charge in [-0.2, -0.15) is 10.2 Å². The lowest BCUT2D eigenvalue weighted by atomic mass is 10.2. The van der Waals surface area contributed by atoms with Crippen LogP contribution in [0.2, 0.25) is 0 Å². The van der Waals surface area contributed by atoms with Crippen LogP contribution in [0.1, 0.15) is 26.5 Å². The van der Waals surface area contributed by atoms with Crippen molar-refractivity contribution in [1.29, 1.82) is 0 Å². The summed E-state index contributed by atoms with van der Waals surface area (Å²) in [7, 11) is 3.15. The molecule has 0 atom stereocenters. The highest BCUT2D eigenvalue weighted by Gasteiger charge is 2.22. The Kier molecular flexibility index (Phi) is 3.07. The third-order valence-corrected chi connectivity index (χ3v) is 2.63. The number of carbonyl (C=O) groups excluding carboxylic acids is 1. The van der Waals surface area contributed by atoms with E-state index < -0.39 is 11.9 Å². The zero-order valence-corrected chi connectivity index (χ0v) is 10.7. The predicted octanol–water partition coefficient (Wildman–Crippen LogP) is 0.413. The van der Waals surface area contributed by atoms with Crippen molar-refractivity contribution in [3.05, 3.63) is 29.2 Å². The van der Waals surface area contributed by atoms with Gasteiger partial charge in [0.2, 0.25) is 0 Å². The molecule has 0 saturated carbocycles. The third-order valence-electron chi connectivity index (χ3n) is 2.63. The Balaban J connectivity index is 2.31. The fourth-order valence-electron chi connectivity index (χ4n) is 1.77. The number of nitrogens with one attached hydrogen (secondary N) is 1. The van der Waals surface area contributed by atoms with E-state index in [9.17, 15) is 9.59 Å². The highest BCUT2D eigenvalue weighted by Crippen LogP contribution is 2.13. The number of aromatic carboxylic acids is 1. The van der Waals surface area contributed by atoms with Crippen LogP contribution < -0.4 is 5.32 Å². The van der Waals surface area contributed by atoms with E-state index in [-0.39, 0.29) is 11.3 Å². The number of carboxylic acids is 1. The quantitative estimate of drug-likeness (QED) is 0.835. The molecule has 0 fully saturated rings. The van der Waals surface area contributed by atoms with Crippen molar-refractivity contribution in [3.63, 3.8) is 0 Å². The number of hydrogen-bond donors (Lipinski definition) is 2. The molecule has 0 aliphatic heterocycles. The average Bonchev–Trinajstić information content (AvgIpc) is 2.82. The lowest BCUT2D eigenvalue weighted by Crippen LogP contribution is -2.18. The molecule has 0 bridgehead atoms. The van der Waals surface area contributed by atoms with Crippen LogP contribution in [0.3, 0.4) is 0 Å². The van der Waals surface area contributed by atoms with E-state index in [0.29, 0.717) is 5.82 Å². The molecule has 2 aromatic rings. The molecule has 1 amide bonds. The summed E-state index contributed by atoms with van der Waals surface area (Å²) in [6.07, 6.45) is 1.22. The molecule has 0 saturated heterocycles. The van der Waals surface area contributed by atoms with Gasteiger partial charge < -0.3 is 10.4 Å². The molecular formula is C11H13N5O3. The molecule has 8 heteroatoms. The van der Waals surface area contributed by atoms with Crippen molar-refractivity contribution in [2.24, 2.45) is 14.1 Å². The van der Waals surface area contributed by atoms with E-state index in [2.05, 4.69) is 15.5 Å². The number of hydrogen-bond acceptors (Lipinski definition) is 4. The molecule has 0 radical (unpaired) electrons. The van der Waals surface area contributed by atoms with Crippen molar-refractivity contribution in [3.8, 4) is 0 Å². The maximum absolute atomic E-state index is 12.0. The SMILES string of the molecule is Cc1cc(NC(=O)c2cnn(C)c2C(=O)O)n(C)n1. The highest BCUT2D eigenvalue weighted by molar-refractivity contribution is 6.09. The van der Waals surface area contributed by atoms with Crippen LogP contribution in [0.5, 0.6) is 0 Å². The van der Waals surface area contributed by atoms with Gasteiger partial charge in [-0.25, -0.2) is 4.79 Å². The van der Waals surface area contributed by atoms with Gasteiger partial charge >= 0.3 is 5.97 Å². The molecule has 0 spiro atoms. The molecule has 2 rings (SSSR count). The summed E-state index contributed by atoms with van der Waals surface area (Å²) in [5.41, 5.74) is 0.604. The first-order valence-electron chi connectivity index (χ1n) is 5.47. The predicted molar refractivity (Wildman–Crippen MR) is 66.1 cm³/mol. The summed E-state index contributed by atoms with van der Waals surface area (Å²) in [4.78, 5) is 23.1. The van der Waals surface area contributed by atoms with Crippen LogP contribution in [0.15, 0.2) is 12.3 Å². The van der Waals surface area contributed by atoms with Gasteiger partial charge in [-0.1, -0.05) is 0 Å². The van der Waals surface area contributed by atoms with E-state index in [4.69, 9.17) is 5.11 Å². The highest BCUT2D eigenvalue weighted by atomic mass is 16.4. The van der Waals surface area contributed by atoms with Crippen molar-refractivity contribution >= 4 is 17.7 Å². The number of nitrogens with zero attached hydrogens (tertiary/aromatic N) is 4. The molecule has 8 nitrogen and oxygen atoms in total. The van der Waals surface area contributed by atoms with Gasteiger partial charge in [0, 0.05) is 20.2 Å². The number of rotatable bonds is 3. The molecule has 0 aliphatic carbocycles. The van der Waals surface area contributed by atoms with Crippen LogP contribution in [0, 0.1) is 6.92 Å². The standard InChI is InChI=1S/C11H13N5O3/c1-6-4-8(15(2)14-6)13-10(17)7-5-12-16(3)9(7)11(18)19/h4-5H,1-3H3,(H,13,17)(H,18,19). The summed E-state index contributed by atoms with van der Waals surface area (Å²) >= 11 is 0. The lowest BCUT2D eigenvalue weighted by molar-refractivity contribution is 0.0680. The smallest absolute Gasteiger partial charge is 0.354 e. The van der Waals surface area contributed by atoms with Crippen molar-refractivity contribution < 1.29 is 14.7 Å². The minimum atomic E-state index is -1.20. The second-order valence-corrected chi connectivity index (χ2v) is 4.08. The van der Waals surface area contributed by atoms with Crippen molar-refractivity contribution in [2.75, 3.05) is 5.32 Å². The molecule has 0 aliphatic rings. The zero-order chi connectivity index (χ0) is 14.2. The summed E-state index contributed by atoms with van der Waals surface area (Å²) in [6.45, 7) is 1.79. The Morgan fingerprint density at radius 3 is 2.53 bits per heavy atom. The monoisotopic (exact) mass is 263 g/mol. The number of aromatic nitrogens is 4. The van der Waals surface area contributed by atoms with Gasteiger partial charge in [0.1, 0.15) is 5.82 Å². The molecule has 19 heavy (non-hydrogen) atoms. The van der Waals surface area contributed by atoms with Gasteiger partial charge in [-0.3, -0.25) is 14.2 Å². The fraction of sp³-hybridized carbons (Fsp3) is 0.273. The number of anilines is 1. The summed E-state index contributed by atoms with van der Waals surface area (Å²) in [5, 5.41) is 19.5. The van der Waals surface area contributed by atoms with Gasteiger partial charge in [-0.05, 0) is 6.92 Å². The van der Waals surface area contributed by atoms with E-state index in [1.807, 2.05) is 0 Å². The Morgan fingerprint density at radius 2 is 2.00 bits per heavy atom. The molecule has 100 valence electrons. The fourth-order valence-corrected chi connectivity index (χ4v) is 1.77. The number of carboxylic acid groups (broad SMARTS) is 1. The number of aryl methyl sites for hydroxylation is 3. The Morgan fingerprint density at radius 1 is 1.32 bits per heavy atom. The van der Waals surface area contributed by atoms with Crippen LogP contribution >= 0.6 is 0 Å². The third kappa shape index (κ3) is 2.32. The van der Waals surface area contributed by atoms with E-state index in [1.165, 1.54) is 17.9 Å². The molecule has 0 aromatic carbocycles. The maximum Gasteiger partial charge on any atom is 0.354 e. The van der Waals surface area contributed by atoms with Gasteiger partial charge in [0.25, 0.3) is 5.91 Å². The normalized spacial score (nSPS) is 10.5. The Bertz CT molecular complexity index is 655. The lowest BCUT2D eigenvalue weighted by Gasteiger charge is -2.04. The summed E-state index contributed by atoms with van der Waals surface area (Å²) in [5.74, 6) is -1.25. The molecule has 2 heterocycles. The molecule has 0 unspecified atom stereocenters. The second kappa shape index (κ2) is 4.56. The summed E-state index contributed by atoms with van der Waals surface area (Å²) < 4.78 is 2.65. The van der Waals surface area contributed by atoms with E-state index in [0.717, 1.165) is 10.4 Å². The van der Waals surface area contributed by atoms with Crippen molar-refractivity contribution in [2.45, 2.75) is 6.92 Å². The topological polar surface area (TPSA) is 102 Å². The minimum absolute atomic E-state index is 0.00820. The first kappa shape index (κ1) is 12.8. The van der Waals surface area contributed by atoms with Crippen LogP contribution in [-0.2, 0) is 14.1 Å². The van der Waals surface area contributed by atoms with E-state index in [1.54, 1.807) is 20.0 Å². The number of amides is 1. The Hall–Kier alpha value is -2.64. The average molecular weight is 263 g/mol. The van der Waals surface area contributed by atoms with Gasteiger partial charge in [0.15, 0.2) is 5.69 Å². The number of carbonyl (C=O) groups is 2. The van der Waals surface area contributed by atoms with Crippen molar-refractivity contribution in [1.82, 2.24) is 19.6 Å². The van der Waals surface area contributed by atoms with Crippen LogP contribution in [0.25, 0.3) is 0 Å². The van der Waals surface area contributed by atoms with Gasteiger partial charge in [0.05, 0.1) is 17.5 Å². The zero-order valence-electron chi connectivity index (χ0n) is 10.7.